The van der Waals surface area contributed by atoms with Gasteiger partial charge in [0.25, 0.3) is 0 Å². The molecule has 0 heterocycles. The first-order valence-electron chi connectivity index (χ1n) is 6.77. The Morgan fingerprint density at radius 2 is 1.71 bits per heavy atom. The predicted molar refractivity (Wildman–Crippen MR) is 66.7 cm³/mol. The molecule has 0 spiro atoms. The lowest BCUT2D eigenvalue weighted by Gasteiger charge is -2.46. The van der Waals surface area contributed by atoms with Gasteiger partial charge in [-0.05, 0) is 27.2 Å². The Labute approximate surface area is 104 Å². The Balaban J connectivity index is 2.82. The molecule has 0 aliphatic heterocycles. The van der Waals surface area contributed by atoms with Crippen LogP contribution < -0.4 is 0 Å². The van der Waals surface area contributed by atoms with Gasteiger partial charge in [0, 0.05) is 12.8 Å². The maximum absolute atomic E-state index is 11.1. The molecule has 100 valence electrons. The van der Waals surface area contributed by atoms with Crippen molar-refractivity contribution in [3.8, 4) is 0 Å². The fourth-order valence-electron chi connectivity index (χ4n) is 3.34. The van der Waals surface area contributed by atoms with Crippen LogP contribution in [0.4, 0.5) is 0 Å². The van der Waals surface area contributed by atoms with Crippen molar-refractivity contribution in [3.05, 3.63) is 0 Å². The van der Waals surface area contributed by atoms with Crippen LogP contribution >= 0.6 is 0 Å². The Bertz CT molecular complexity index is 255. The molecule has 0 saturated heterocycles. The number of quaternary nitrogens is 1. The van der Waals surface area contributed by atoms with Crippen molar-refractivity contribution in [1.29, 1.82) is 0 Å². The molecular weight excluding hydrogens is 218 g/mol. The third-order valence-corrected chi connectivity index (χ3v) is 4.77. The average molecular weight is 244 g/mol. The van der Waals surface area contributed by atoms with Gasteiger partial charge < -0.3 is 14.7 Å². The van der Waals surface area contributed by atoms with Gasteiger partial charge in [-0.3, -0.25) is 4.79 Å². The van der Waals surface area contributed by atoms with E-state index in [2.05, 4.69) is 20.8 Å². The molecule has 0 aromatic heterocycles. The van der Waals surface area contributed by atoms with Gasteiger partial charge in [0.1, 0.15) is 0 Å². The minimum Gasteiger partial charge on any atom is -0.481 e. The van der Waals surface area contributed by atoms with Gasteiger partial charge in [0.2, 0.25) is 0 Å². The summed E-state index contributed by atoms with van der Waals surface area (Å²) < 4.78 is 0.983. The van der Waals surface area contributed by atoms with Gasteiger partial charge in [-0.1, -0.05) is 0 Å². The van der Waals surface area contributed by atoms with Gasteiger partial charge in [-0.15, -0.1) is 0 Å². The highest BCUT2D eigenvalue weighted by molar-refractivity contribution is 5.70. The zero-order valence-electron chi connectivity index (χ0n) is 11.2. The summed E-state index contributed by atoms with van der Waals surface area (Å²) >= 11 is 0. The van der Waals surface area contributed by atoms with E-state index in [1.807, 2.05) is 0 Å². The Morgan fingerprint density at radius 1 is 1.18 bits per heavy atom. The summed E-state index contributed by atoms with van der Waals surface area (Å²) in [5.41, 5.74) is 0. The first kappa shape index (κ1) is 14.5. The highest BCUT2D eigenvalue weighted by atomic mass is 16.4. The fraction of sp³-hybridized carbons (Fsp3) is 0.923. The quantitative estimate of drug-likeness (QED) is 0.720. The predicted octanol–water partition coefficient (Wildman–Crippen LogP) is 1.48. The number of aliphatic carboxylic acids is 1. The van der Waals surface area contributed by atoms with E-state index in [-0.39, 0.29) is 0 Å². The number of hydrogen-bond acceptors (Lipinski definition) is 2. The molecule has 0 radical (unpaired) electrons. The molecule has 0 aromatic carbocycles. The molecule has 1 aliphatic carbocycles. The minimum absolute atomic E-state index is 0.388. The number of carboxylic acid groups (broad SMARTS) is 1. The summed E-state index contributed by atoms with van der Waals surface area (Å²) in [6.07, 6.45) is 1.53. The highest BCUT2D eigenvalue weighted by Gasteiger charge is 2.42. The second kappa shape index (κ2) is 5.83. The van der Waals surface area contributed by atoms with Crippen molar-refractivity contribution in [2.75, 3.05) is 19.6 Å². The molecule has 0 amide bonds. The summed E-state index contributed by atoms with van der Waals surface area (Å²) in [6, 6.07) is 0.388. The SMILES string of the molecule is CC[N+](CC)(CC)C1CCC(O)C(C(=O)O)C1. The van der Waals surface area contributed by atoms with E-state index in [9.17, 15) is 9.90 Å². The number of carbonyl (C=O) groups is 1. The summed E-state index contributed by atoms with van der Waals surface area (Å²) in [5.74, 6) is -1.42. The van der Waals surface area contributed by atoms with E-state index in [1.54, 1.807) is 0 Å². The van der Waals surface area contributed by atoms with E-state index >= 15 is 0 Å². The highest BCUT2D eigenvalue weighted by Crippen LogP contribution is 2.32. The van der Waals surface area contributed by atoms with E-state index in [1.165, 1.54) is 0 Å². The van der Waals surface area contributed by atoms with Gasteiger partial charge in [0.15, 0.2) is 0 Å². The molecule has 4 nitrogen and oxygen atoms in total. The van der Waals surface area contributed by atoms with Gasteiger partial charge in [-0.25, -0.2) is 0 Å². The second-order valence-corrected chi connectivity index (χ2v) is 5.15. The number of carboxylic acids is 1. The van der Waals surface area contributed by atoms with Crippen molar-refractivity contribution in [1.82, 2.24) is 0 Å². The molecule has 0 bridgehead atoms. The van der Waals surface area contributed by atoms with Crippen LogP contribution in [-0.4, -0.2) is 52.4 Å². The molecule has 3 atom stereocenters. The number of aliphatic hydroxyl groups is 1. The maximum Gasteiger partial charge on any atom is 0.309 e. The first-order valence-corrected chi connectivity index (χ1v) is 6.77. The third-order valence-electron chi connectivity index (χ3n) is 4.77. The van der Waals surface area contributed by atoms with Gasteiger partial charge >= 0.3 is 5.97 Å². The van der Waals surface area contributed by atoms with Crippen LogP contribution in [0.3, 0.4) is 0 Å². The van der Waals surface area contributed by atoms with E-state index in [0.717, 1.165) is 30.5 Å². The lowest BCUT2D eigenvalue weighted by molar-refractivity contribution is -0.948. The number of aliphatic hydroxyl groups excluding tert-OH is 1. The van der Waals surface area contributed by atoms with Crippen LogP contribution in [0.1, 0.15) is 40.0 Å². The Morgan fingerprint density at radius 3 is 2.12 bits per heavy atom. The van der Waals surface area contributed by atoms with Crippen molar-refractivity contribution in [3.63, 3.8) is 0 Å². The monoisotopic (exact) mass is 244 g/mol. The normalized spacial score (nSPS) is 30.2. The summed E-state index contributed by atoms with van der Waals surface area (Å²) in [4.78, 5) is 11.1. The van der Waals surface area contributed by atoms with Crippen molar-refractivity contribution < 1.29 is 19.5 Å². The van der Waals surface area contributed by atoms with E-state index in [4.69, 9.17) is 5.11 Å². The summed E-state index contributed by atoms with van der Waals surface area (Å²) in [6.45, 7) is 9.65. The minimum atomic E-state index is -0.844. The van der Waals surface area contributed by atoms with Crippen LogP contribution in [0, 0.1) is 5.92 Å². The lowest BCUT2D eigenvalue weighted by atomic mass is 9.81. The lowest BCUT2D eigenvalue weighted by Crippen LogP contribution is -2.58. The summed E-state index contributed by atoms with van der Waals surface area (Å²) in [7, 11) is 0. The van der Waals surface area contributed by atoms with E-state index in [0.29, 0.717) is 18.9 Å². The Hall–Kier alpha value is -0.610. The molecular formula is C13H26NO3+. The molecule has 2 N–H and O–H groups in total. The zero-order valence-corrected chi connectivity index (χ0v) is 11.2. The molecule has 1 fully saturated rings. The number of rotatable bonds is 5. The maximum atomic E-state index is 11.1. The number of hydrogen-bond donors (Lipinski definition) is 2. The third kappa shape index (κ3) is 2.80. The standard InChI is InChI=1S/C13H25NO3/c1-4-14(5-2,6-3)10-7-8-12(15)11(9-10)13(16)17/h10-12,15H,4-9H2,1-3H3/p+1. The average Bonchev–Trinajstić information content (AvgIpc) is 2.33. The molecule has 17 heavy (non-hydrogen) atoms. The molecule has 4 heteroatoms. The van der Waals surface area contributed by atoms with Crippen LogP contribution in [0.25, 0.3) is 0 Å². The topological polar surface area (TPSA) is 57.5 Å². The van der Waals surface area contributed by atoms with Crippen LogP contribution in [0.2, 0.25) is 0 Å². The van der Waals surface area contributed by atoms with Crippen molar-refractivity contribution in [2.24, 2.45) is 5.92 Å². The van der Waals surface area contributed by atoms with E-state index < -0.39 is 18.0 Å². The van der Waals surface area contributed by atoms with Gasteiger partial charge in [-0.2, -0.15) is 0 Å². The molecule has 3 unspecified atom stereocenters. The molecule has 1 rings (SSSR count). The Kier molecular flexibility index (Phi) is 4.95. The second-order valence-electron chi connectivity index (χ2n) is 5.15. The van der Waals surface area contributed by atoms with Crippen molar-refractivity contribution >= 4 is 5.97 Å². The van der Waals surface area contributed by atoms with Crippen LogP contribution in [-0.2, 0) is 4.79 Å². The largest absolute Gasteiger partial charge is 0.481 e. The zero-order chi connectivity index (χ0) is 13.1. The molecule has 0 aromatic rings. The van der Waals surface area contributed by atoms with Crippen LogP contribution in [0.5, 0.6) is 0 Å². The van der Waals surface area contributed by atoms with Crippen molar-refractivity contribution in [2.45, 2.75) is 52.2 Å². The van der Waals surface area contributed by atoms with Gasteiger partial charge in [0.05, 0.1) is 37.7 Å². The molecule has 1 aliphatic rings. The first-order chi connectivity index (χ1) is 8.00. The fourth-order valence-corrected chi connectivity index (χ4v) is 3.34. The molecule has 1 saturated carbocycles. The summed E-state index contributed by atoms with van der Waals surface area (Å²) in [5, 5.41) is 18.9. The van der Waals surface area contributed by atoms with Crippen LogP contribution in [0.15, 0.2) is 0 Å². The number of nitrogens with zero attached hydrogens (tertiary/aromatic N) is 1. The smallest absolute Gasteiger partial charge is 0.309 e.